The van der Waals surface area contributed by atoms with Gasteiger partial charge in [0.1, 0.15) is 5.75 Å². The smallest absolute Gasteiger partial charge is 0.243 e. The van der Waals surface area contributed by atoms with Crippen LogP contribution in [0, 0.1) is 5.92 Å². The zero-order valence-corrected chi connectivity index (χ0v) is 11.3. The van der Waals surface area contributed by atoms with Crippen LogP contribution in [0.4, 0.5) is 5.69 Å². The van der Waals surface area contributed by atoms with Crippen molar-refractivity contribution in [2.24, 2.45) is 11.7 Å². The molecular formula is C14H22N2O2. The summed E-state index contributed by atoms with van der Waals surface area (Å²) in [5.41, 5.74) is 6.60. The lowest BCUT2D eigenvalue weighted by atomic mass is 10.0. The zero-order valence-electron chi connectivity index (χ0n) is 11.3. The summed E-state index contributed by atoms with van der Waals surface area (Å²) < 4.78 is 0. The van der Waals surface area contributed by atoms with Crippen LogP contribution in [-0.2, 0) is 4.79 Å². The second kappa shape index (κ2) is 6.40. The minimum Gasteiger partial charge on any atom is -0.508 e. The Hall–Kier alpha value is -1.55. The minimum atomic E-state index is -0.493. The maximum atomic E-state index is 12.2. The number of rotatable bonds is 5. The maximum absolute atomic E-state index is 12.2. The van der Waals surface area contributed by atoms with Gasteiger partial charge in [-0.1, -0.05) is 19.9 Å². The molecule has 0 aliphatic heterocycles. The third kappa shape index (κ3) is 3.74. The van der Waals surface area contributed by atoms with Crippen molar-refractivity contribution < 1.29 is 9.90 Å². The number of hydrogen-bond donors (Lipinski definition) is 2. The number of phenolic OH excluding ortho intramolecular Hbond substituents is 1. The molecule has 1 rings (SSSR count). The number of likely N-dealkylation sites (N-methyl/N-ethyl adjacent to an activating group) is 1. The summed E-state index contributed by atoms with van der Waals surface area (Å²) in [5, 5.41) is 9.45. The highest BCUT2D eigenvalue weighted by Gasteiger charge is 2.22. The van der Waals surface area contributed by atoms with Crippen molar-refractivity contribution in [3.05, 3.63) is 24.3 Å². The van der Waals surface area contributed by atoms with Gasteiger partial charge in [-0.25, -0.2) is 0 Å². The molecule has 0 unspecified atom stereocenters. The van der Waals surface area contributed by atoms with Crippen LogP contribution in [0.2, 0.25) is 0 Å². The van der Waals surface area contributed by atoms with Crippen LogP contribution < -0.4 is 10.6 Å². The lowest BCUT2D eigenvalue weighted by molar-refractivity contribution is -0.120. The molecule has 0 radical (unpaired) electrons. The van der Waals surface area contributed by atoms with Crippen LogP contribution in [0.1, 0.15) is 27.2 Å². The van der Waals surface area contributed by atoms with Crippen molar-refractivity contribution in [1.29, 1.82) is 0 Å². The molecule has 1 aromatic carbocycles. The normalized spacial score (nSPS) is 12.5. The second-order valence-electron chi connectivity index (χ2n) is 4.84. The first-order valence-corrected chi connectivity index (χ1v) is 6.31. The number of hydrogen-bond acceptors (Lipinski definition) is 3. The molecule has 0 aliphatic rings. The van der Waals surface area contributed by atoms with Crippen molar-refractivity contribution in [1.82, 2.24) is 0 Å². The van der Waals surface area contributed by atoms with E-state index in [2.05, 4.69) is 0 Å². The Kier molecular flexibility index (Phi) is 5.16. The van der Waals surface area contributed by atoms with E-state index in [1.165, 1.54) is 0 Å². The summed E-state index contributed by atoms with van der Waals surface area (Å²) in [6.45, 7) is 6.51. The van der Waals surface area contributed by atoms with Gasteiger partial charge in [0.2, 0.25) is 5.91 Å². The third-order valence-electron chi connectivity index (χ3n) is 2.77. The Morgan fingerprint density at radius 1 is 1.44 bits per heavy atom. The van der Waals surface area contributed by atoms with E-state index in [4.69, 9.17) is 5.73 Å². The number of benzene rings is 1. The molecule has 1 amide bonds. The molecule has 100 valence electrons. The highest BCUT2D eigenvalue weighted by Crippen LogP contribution is 2.21. The number of aromatic hydroxyl groups is 1. The number of nitrogens with two attached hydrogens (primary N) is 1. The first-order chi connectivity index (χ1) is 8.45. The first-order valence-electron chi connectivity index (χ1n) is 6.31. The van der Waals surface area contributed by atoms with Gasteiger partial charge in [-0.2, -0.15) is 0 Å². The van der Waals surface area contributed by atoms with E-state index in [0.717, 1.165) is 0 Å². The fraction of sp³-hybridized carbons (Fsp3) is 0.500. The average molecular weight is 250 g/mol. The van der Waals surface area contributed by atoms with Crippen molar-refractivity contribution >= 4 is 11.6 Å². The molecule has 4 nitrogen and oxygen atoms in total. The Bertz CT molecular complexity index is 405. The number of carbonyl (C=O) groups excluding carboxylic acids is 1. The minimum absolute atomic E-state index is 0.100. The molecule has 0 fully saturated rings. The quantitative estimate of drug-likeness (QED) is 0.841. The van der Waals surface area contributed by atoms with E-state index >= 15 is 0 Å². The highest BCUT2D eigenvalue weighted by atomic mass is 16.3. The lowest BCUT2D eigenvalue weighted by Gasteiger charge is -2.25. The van der Waals surface area contributed by atoms with E-state index in [-0.39, 0.29) is 11.7 Å². The molecule has 0 bridgehead atoms. The number of anilines is 1. The summed E-state index contributed by atoms with van der Waals surface area (Å²) in [7, 11) is 0. The van der Waals surface area contributed by atoms with Gasteiger partial charge in [-0.3, -0.25) is 4.79 Å². The van der Waals surface area contributed by atoms with Crippen LogP contribution in [0.3, 0.4) is 0 Å². The molecule has 0 aliphatic carbocycles. The Morgan fingerprint density at radius 2 is 2.11 bits per heavy atom. The molecular weight excluding hydrogens is 228 g/mol. The van der Waals surface area contributed by atoms with Crippen LogP contribution in [0.15, 0.2) is 24.3 Å². The number of amides is 1. The molecule has 3 N–H and O–H groups in total. The SMILES string of the molecule is CCN(C(=O)[C@@H](N)CC(C)C)c1cccc(O)c1. The van der Waals surface area contributed by atoms with Gasteiger partial charge < -0.3 is 15.7 Å². The van der Waals surface area contributed by atoms with Gasteiger partial charge >= 0.3 is 0 Å². The topological polar surface area (TPSA) is 66.6 Å². The van der Waals surface area contributed by atoms with Crippen LogP contribution in [0.25, 0.3) is 0 Å². The lowest BCUT2D eigenvalue weighted by Crippen LogP contribution is -2.44. The van der Waals surface area contributed by atoms with Gasteiger partial charge in [0.05, 0.1) is 6.04 Å². The summed E-state index contributed by atoms with van der Waals surface area (Å²) in [4.78, 5) is 13.8. The molecule has 0 heterocycles. The molecule has 0 saturated carbocycles. The predicted molar refractivity (Wildman–Crippen MR) is 73.6 cm³/mol. The average Bonchev–Trinajstić information content (AvgIpc) is 2.29. The summed E-state index contributed by atoms with van der Waals surface area (Å²) in [6.07, 6.45) is 0.661. The number of nitrogens with zero attached hydrogens (tertiary/aromatic N) is 1. The van der Waals surface area contributed by atoms with Crippen LogP contribution >= 0.6 is 0 Å². The summed E-state index contributed by atoms with van der Waals surface area (Å²) in [5.74, 6) is 0.430. The molecule has 4 heteroatoms. The fourth-order valence-electron chi connectivity index (χ4n) is 1.94. The van der Waals surface area contributed by atoms with Crippen molar-refractivity contribution in [3.63, 3.8) is 0 Å². The molecule has 1 atom stereocenters. The largest absolute Gasteiger partial charge is 0.508 e. The predicted octanol–water partition coefficient (Wildman–Crippen LogP) is 2.12. The molecule has 0 aromatic heterocycles. The van der Waals surface area contributed by atoms with Gasteiger partial charge in [-0.15, -0.1) is 0 Å². The Morgan fingerprint density at radius 3 is 2.61 bits per heavy atom. The van der Waals surface area contributed by atoms with E-state index in [0.29, 0.717) is 24.6 Å². The number of carbonyl (C=O) groups is 1. The number of phenols is 1. The van der Waals surface area contributed by atoms with Crippen molar-refractivity contribution in [3.8, 4) is 5.75 Å². The van der Waals surface area contributed by atoms with Crippen molar-refractivity contribution in [2.75, 3.05) is 11.4 Å². The van der Waals surface area contributed by atoms with Crippen LogP contribution in [0.5, 0.6) is 5.75 Å². The van der Waals surface area contributed by atoms with Gasteiger partial charge in [-0.05, 0) is 31.4 Å². The second-order valence-corrected chi connectivity index (χ2v) is 4.84. The van der Waals surface area contributed by atoms with Gasteiger partial charge in [0, 0.05) is 18.3 Å². The molecule has 1 aromatic rings. The fourth-order valence-corrected chi connectivity index (χ4v) is 1.94. The monoisotopic (exact) mass is 250 g/mol. The highest BCUT2D eigenvalue weighted by molar-refractivity contribution is 5.97. The maximum Gasteiger partial charge on any atom is 0.243 e. The van der Waals surface area contributed by atoms with Crippen LogP contribution in [-0.4, -0.2) is 23.6 Å². The zero-order chi connectivity index (χ0) is 13.7. The van der Waals surface area contributed by atoms with Gasteiger partial charge in [0.15, 0.2) is 0 Å². The third-order valence-corrected chi connectivity index (χ3v) is 2.77. The van der Waals surface area contributed by atoms with E-state index < -0.39 is 6.04 Å². The molecule has 18 heavy (non-hydrogen) atoms. The molecule has 0 spiro atoms. The Balaban J connectivity index is 2.86. The van der Waals surface area contributed by atoms with E-state index in [1.54, 1.807) is 29.2 Å². The summed E-state index contributed by atoms with van der Waals surface area (Å²) >= 11 is 0. The molecule has 0 saturated heterocycles. The Labute approximate surface area is 108 Å². The van der Waals surface area contributed by atoms with Crippen molar-refractivity contribution in [2.45, 2.75) is 33.2 Å². The summed E-state index contributed by atoms with van der Waals surface area (Å²) in [6, 6.07) is 6.17. The van der Waals surface area contributed by atoms with E-state index in [9.17, 15) is 9.90 Å². The van der Waals surface area contributed by atoms with Gasteiger partial charge in [0.25, 0.3) is 0 Å². The first kappa shape index (κ1) is 14.5. The standard InChI is InChI=1S/C14H22N2O2/c1-4-16(11-6-5-7-12(17)9-11)14(18)13(15)8-10(2)3/h5-7,9-10,13,17H,4,8,15H2,1-3H3/t13-/m0/s1. The van der Waals surface area contributed by atoms with E-state index in [1.807, 2.05) is 20.8 Å².